The SMILES string of the molecule is CN1CCN(CCCN(Cc2ccc(C(=O)Nc3cscc3N)nc2)C(=O)NCCc2ccccc2)CC1. The van der Waals surface area contributed by atoms with Gasteiger partial charge in [-0.1, -0.05) is 36.4 Å². The fourth-order valence-corrected chi connectivity index (χ4v) is 5.02. The van der Waals surface area contributed by atoms with Gasteiger partial charge in [0.15, 0.2) is 0 Å². The maximum Gasteiger partial charge on any atom is 0.317 e. The molecule has 0 aliphatic carbocycles. The number of rotatable bonds is 11. The highest BCUT2D eigenvalue weighted by Crippen LogP contribution is 2.23. The number of hydrogen-bond acceptors (Lipinski definition) is 7. The molecule has 4 N–H and O–H groups in total. The average Bonchev–Trinajstić information content (AvgIpc) is 3.34. The van der Waals surface area contributed by atoms with E-state index in [4.69, 9.17) is 5.73 Å². The lowest BCUT2D eigenvalue weighted by molar-refractivity contribution is 0.102. The minimum atomic E-state index is -0.315. The third kappa shape index (κ3) is 8.27. The zero-order chi connectivity index (χ0) is 26.7. The molecular formula is C28H37N7O2S. The van der Waals surface area contributed by atoms with E-state index in [-0.39, 0.29) is 11.9 Å². The molecule has 0 unspecified atom stereocenters. The van der Waals surface area contributed by atoms with E-state index in [1.807, 2.05) is 29.2 Å². The first-order chi connectivity index (χ1) is 18.5. The molecule has 10 heteroatoms. The molecule has 202 valence electrons. The normalized spacial score (nSPS) is 14.2. The monoisotopic (exact) mass is 535 g/mol. The van der Waals surface area contributed by atoms with Gasteiger partial charge in [-0.3, -0.25) is 9.78 Å². The maximum atomic E-state index is 13.1. The molecule has 1 aliphatic rings. The first-order valence-corrected chi connectivity index (χ1v) is 14.0. The van der Waals surface area contributed by atoms with Crippen molar-refractivity contribution < 1.29 is 9.59 Å². The van der Waals surface area contributed by atoms with E-state index in [2.05, 4.69) is 44.6 Å². The first-order valence-electron chi connectivity index (χ1n) is 13.0. The van der Waals surface area contributed by atoms with Crippen molar-refractivity contribution in [2.45, 2.75) is 19.4 Å². The summed E-state index contributed by atoms with van der Waals surface area (Å²) in [7, 11) is 2.15. The van der Waals surface area contributed by atoms with Crippen molar-refractivity contribution in [3.05, 3.63) is 76.2 Å². The number of piperazine rings is 1. The van der Waals surface area contributed by atoms with Crippen LogP contribution >= 0.6 is 11.3 Å². The number of aromatic nitrogens is 1. The van der Waals surface area contributed by atoms with Crippen LogP contribution in [0.25, 0.3) is 0 Å². The summed E-state index contributed by atoms with van der Waals surface area (Å²) in [5.74, 6) is -0.315. The van der Waals surface area contributed by atoms with Crippen LogP contribution in [-0.2, 0) is 13.0 Å². The molecule has 0 radical (unpaired) electrons. The number of likely N-dealkylation sites (N-methyl/N-ethyl adjacent to an activating group) is 1. The average molecular weight is 536 g/mol. The zero-order valence-corrected chi connectivity index (χ0v) is 22.8. The quantitative estimate of drug-likeness (QED) is 0.348. The predicted octanol–water partition coefficient (Wildman–Crippen LogP) is 3.37. The molecule has 0 saturated carbocycles. The van der Waals surface area contributed by atoms with Gasteiger partial charge in [0, 0.05) is 62.8 Å². The lowest BCUT2D eigenvalue weighted by atomic mass is 10.1. The topological polar surface area (TPSA) is 107 Å². The van der Waals surface area contributed by atoms with Crippen LogP contribution in [0.3, 0.4) is 0 Å². The van der Waals surface area contributed by atoms with Crippen LogP contribution in [0.15, 0.2) is 59.4 Å². The van der Waals surface area contributed by atoms with Gasteiger partial charge in [0.1, 0.15) is 5.69 Å². The number of nitrogen functional groups attached to an aromatic ring is 1. The summed E-state index contributed by atoms with van der Waals surface area (Å²) in [6.07, 6.45) is 3.34. The lowest BCUT2D eigenvalue weighted by Gasteiger charge is -2.33. The Kier molecular flexibility index (Phi) is 10.1. The first kappa shape index (κ1) is 27.6. The highest BCUT2D eigenvalue weighted by Gasteiger charge is 2.17. The van der Waals surface area contributed by atoms with E-state index in [0.717, 1.165) is 51.1 Å². The molecule has 1 aliphatic heterocycles. The summed E-state index contributed by atoms with van der Waals surface area (Å²) in [6, 6.07) is 13.6. The minimum Gasteiger partial charge on any atom is -0.396 e. The Hall–Kier alpha value is -3.47. The van der Waals surface area contributed by atoms with E-state index in [1.54, 1.807) is 23.0 Å². The van der Waals surface area contributed by atoms with Crippen molar-refractivity contribution in [1.82, 2.24) is 25.0 Å². The second kappa shape index (κ2) is 13.9. The third-order valence-electron chi connectivity index (χ3n) is 6.69. The molecule has 0 bridgehead atoms. The molecule has 1 fully saturated rings. The molecule has 0 atom stereocenters. The molecular weight excluding hydrogens is 498 g/mol. The number of benzene rings is 1. The van der Waals surface area contributed by atoms with E-state index in [9.17, 15) is 9.59 Å². The Labute approximate surface area is 228 Å². The molecule has 3 amide bonds. The van der Waals surface area contributed by atoms with Gasteiger partial charge in [-0.25, -0.2) is 4.79 Å². The van der Waals surface area contributed by atoms with Crippen molar-refractivity contribution in [2.24, 2.45) is 0 Å². The summed E-state index contributed by atoms with van der Waals surface area (Å²) in [5.41, 5.74) is 9.34. The molecule has 3 aromatic rings. The Morgan fingerprint density at radius 2 is 1.84 bits per heavy atom. The molecule has 0 spiro atoms. The van der Waals surface area contributed by atoms with Gasteiger partial charge >= 0.3 is 6.03 Å². The van der Waals surface area contributed by atoms with Gasteiger partial charge < -0.3 is 31.1 Å². The fourth-order valence-electron chi connectivity index (χ4n) is 4.35. The van der Waals surface area contributed by atoms with Gasteiger partial charge in [-0.05, 0) is 43.6 Å². The van der Waals surface area contributed by atoms with Crippen LogP contribution in [0, 0.1) is 0 Å². The van der Waals surface area contributed by atoms with Crippen LogP contribution in [0.4, 0.5) is 16.2 Å². The largest absolute Gasteiger partial charge is 0.396 e. The van der Waals surface area contributed by atoms with Crippen molar-refractivity contribution in [1.29, 1.82) is 0 Å². The van der Waals surface area contributed by atoms with Crippen LogP contribution in [0.2, 0.25) is 0 Å². The number of amides is 3. The molecule has 3 heterocycles. The summed E-state index contributed by atoms with van der Waals surface area (Å²) >= 11 is 1.43. The molecule has 9 nitrogen and oxygen atoms in total. The van der Waals surface area contributed by atoms with Crippen LogP contribution in [0.1, 0.15) is 28.0 Å². The summed E-state index contributed by atoms with van der Waals surface area (Å²) < 4.78 is 0. The van der Waals surface area contributed by atoms with Gasteiger partial charge in [-0.15, -0.1) is 11.3 Å². The second-order valence-electron chi connectivity index (χ2n) is 9.63. The van der Waals surface area contributed by atoms with Crippen LogP contribution < -0.4 is 16.4 Å². The second-order valence-corrected chi connectivity index (χ2v) is 10.4. The summed E-state index contributed by atoms with van der Waals surface area (Å²) in [6.45, 7) is 6.87. The summed E-state index contributed by atoms with van der Waals surface area (Å²) in [4.78, 5) is 36.7. The van der Waals surface area contributed by atoms with E-state index < -0.39 is 0 Å². The molecule has 4 rings (SSSR count). The van der Waals surface area contributed by atoms with Gasteiger partial charge in [-0.2, -0.15) is 0 Å². The van der Waals surface area contributed by atoms with Gasteiger partial charge in [0.25, 0.3) is 5.91 Å². The highest BCUT2D eigenvalue weighted by atomic mass is 32.1. The fraction of sp³-hybridized carbons (Fsp3) is 0.393. The van der Waals surface area contributed by atoms with Gasteiger partial charge in [0.2, 0.25) is 0 Å². The molecule has 2 aromatic heterocycles. The zero-order valence-electron chi connectivity index (χ0n) is 21.9. The van der Waals surface area contributed by atoms with Crippen LogP contribution in [-0.4, -0.2) is 84.5 Å². The smallest absolute Gasteiger partial charge is 0.317 e. The van der Waals surface area contributed by atoms with Crippen molar-refractivity contribution in [2.75, 3.05) is 63.9 Å². The Balaban J connectivity index is 1.33. The van der Waals surface area contributed by atoms with E-state index in [1.165, 1.54) is 16.9 Å². The minimum absolute atomic E-state index is 0.0888. The summed E-state index contributed by atoms with van der Waals surface area (Å²) in [5, 5.41) is 9.42. The standard InChI is InChI=1S/C28H37N7O2S/c1-33-14-16-34(17-15-33)12-5-13-35(28(37)30-11-10-22-6-3-2-4-7-22)19-23-8-9-25(31-18-23)27(36)32-26-21-38-20-24(26)29/h2-4,6-9,18,20-21H,5,10-17,19,29H2,1H3,(H,30,37)(H,32,36). The van der Waals surface area contributed by atoms with Crippen molar-refractivity contribution in [3.63, 3.8) is 0 Å². The molecule has 1 aromatic carbocycles. The number of urea groups is 1. The number of anilines is 2. The number of nitrogens with one attached hydrogen (secondary N) is 2. The molecule has 1 saturated heterocycles. The predicted molar refractivity (Wildman–Crippen MR) is 153 cm³/mol. The maximum absolute atomic E-state index is 13.1. The van der Waals surface area contributed by atoms with Crippen molar-refractivity contribution in [3.8, 4) is 0 Å². The third-order valence-corrected chi connectivity index (χ3v) is 7.45. The number of hydrogen-bond donors (Lipinski definition) is 3. The van der Waals surface area contributed by atoms with Crippen LogP contribution in [0.5, 0.6) is 0 Å². The van der Waals surface area contributed by atoms with Crippen molar-refractivity contribution >= 4 is 34.6 Å². The Morgan fingerprint density at radius 1 is 1.05 bits per heavy atom. The number of nitrogens with two attached hydrogens (primary N) is 1. The highest BCUT2D eigenvalue weighted by molar-refractivity contribution is 7.09. The lowest BCUT2D eigenvalue weighted by Crippen LogP contribution is -2.46. The number of thiophene rings is 1. The number of nitrogens with zero attached hydrogens (tertiary/aromatic N) is 4. The Morgan fingerprint density at radius 3 is 2.53 bits per heavy atom. The Bertz CT molecular complexity index is 1160. The van der Waals surface area contributed by atoms with E-state index in [0.29, 0.717) is 36.7 Å². The molecule has 38 heavy (non-hydrogen) atoms. The van der Waals surface area contributed by atoms with Gasteiger partial charge in [0.05, 0.1) is 11.4 Å². The number of carbonyl (C=O) groups excluding carboxylic acids is 2. The number of pyridine rings is 1. The van der Waals surface area contributed by atoms with E-state index >= 15 is 0 Å². The number of carbonyl (C=O) groups is 2.